The van der Waals surface area contributed by atoms with Crippen molar-refractivity contribution in [3.05, 3.63) is 64.4 Å². The Hall–Kier alpha value is -3.68. The Morgan fingerprint density at radius 1 is 1.21 bits per heavy atom. The molecule has 0 atom stereocenters. The van der Waals surface area contributed by atoms with Gasteiger partial charge < -0.3 is 14.8 Å². The van der Waals surface area contributed by atoms with Crippen molar-refractivity contribution < 1.29 is 9.32 Å². The van der Waals surface area contributed by atoms with E-state index >= 15 is 0 Å². The summed E-state index contributed by atoms with van der Waals surface area (Å²) in [6.45, 7) is 7.83. The molecule has 8 heteroatoms. The van der Waals surface area contributed by atoms with Crippen LogP contribution in [0.4, 0.5) is 5.82 Å². The van der Waals surface area contributed by atoms with E-state index in [1.807, 2.05) is 39.8 Å². The fourth-order valence-electron chi connectivity index (χ4n) is 3.30. The fraction of sp³-hybridized carbons (Fsp3) is 0.238. The summed E-state index contributed by atoms with van der Waals surface area (Å²) in [6, 6.07) is 8.87. The lowest BCUT2D eigenvalue weighted by Gasteiger charge is -2.19. The number of nitrogens with zero attached hydrogens (tertiary/aromatic N) is 3. The molecule has 0 radical (unpaired) electrons. The maximum atomic E-state index is 12.5. The molecule has 0 spiro atoms. The Labute approximate surface area is 166 Å². The molecule has 4 aromatic rings. The number of nitrogens with one attached hydrogen (secondary N) is 2. The van der Waals surface area contributed by atoms with Gasteiger partial charge in [0, 0.05) is 28.9 Å². The molecule has 0 aliphatic rings. The van der Waals surface area contributed by atoms with Crippen molar-refractivity contribution in [3.8, 4) is 11.1 Å². The number of aromatic nitrogens is 4. The van der Waals surface area contributed by atoms with Crippen molar-refractivity contribution in [1.82, 2.24) is 19.7 Å². The molecule has 1 amide bonds. The third-order valence-electron chi connectivity index (χ3n) is 4.68. The van der Waals surface area contributed by atoms with Crippen LogP contribution in [0.15, 0.2) is 52.1 Å². The highest BCUT2D eigenvalue weighted by Gasteiger charge is 2.21. The number of aromatic amines is 1. The summed E-state index contributed by atoms with van der Waals surface area (Å²) in [6.07, 6.45) is 3.11. The molecule has 148 valence electrons. The van der Waals surface area contributed by atoms with E-state index in [-0.39, 0.29) is 17.1 Å². The summed E-state index contributed by atoms with van der Waals surface area (Å²) in [5.74, 6) is 0.0581. The van der Waals surface area contributed by atoms with Gasteiger partial charge in [-0.2, -0.15) is 0 Å². The Kier molecular flexibility index (Phi) is 4.34. The second-order valence-electron chi connectivity index (χ2n) is 7.90. The van der Waals surface area contributed by atoms with Crippen LogP contribution < -0.4 is 11.0 Å². The predicted molar refractivity (Wildman–Crippen MR) is 110 cm³/mol. The molecule has 0 unspecified atom stereocenters. The highest BCUT2D eigenvalue weighted by molar-refractivity contribution is 6.04. The van der Waals surface area contributed by atoms with Gasteiger partial charge in [-0.05, 0) is 57.0 Å². The first-order valence-electron chi connectivity index (χ1n) is 9.18. The molecule has 0 fully saturated rings. The van der Waals surface area contributed by atoms with Crippen LogP contribution in [0.2, 0.25) is 0 Å². The highest BCUT2D eigenvalue weighted by Crippen LogP contribution is 2.27. The molecule has 0 aliphatic carbocycles. The average molecular weight is 391 g/mol. The molecular weight excluding hydrogens is 370 g/mol. The zero-order valence-corrected chi connectivity index (χ0v) is 16.6. The lowest BCUT2D eigenvalue weighted by Crippen LogP contribution is -2.32. The monoisotopic (exact) mass is 391 g/mol. The molecule has 0 aliphatic heterocycles. The van der Waals surface area contributed by atoms with Gasteiger partial charge in [-0.3, -0.25) is 9.36 Å². The van der Waals surface area contributed by atoms with Gasteiger partial charge in [0.1, 0.15) is 6.26 Å². The number of aryl methyl sites for hydroxylation is 1. The van der Waals surface area contributed by atoms with Gasteiger partial charge in [-0.15, -0.1) is 0 Å². The van der Waals surface area contributed by atoms with Crippen LogP contribution in [0, 0.1) is 6.92 Å². The van der Waals surface area contributed by atoms with Crippen molar-refractivity contribution >= 4 is 22.9 Å². The fourth-order valence-corrected chi connectivity index (χ4v) is 3.30. The number of hydrogen-bond acceptors (Lipinski definition) is 5. The van der Waals surface area contributed by atoms with E-state index < -0.39 is 0 Å². The summed E-state index contributed by atoms with van der Waals surface area (Å²) >= 11 is 0. The number of anilines is 1. The van der Waals surface area contributed by atoms with E-state index in [1.165, 1.54) is 6.26 Å². The number of pyridine rings is 1. The molecular formula is C21H21N5O3. The van der Waals surface area contributed by atoms with Crippen LogP contribution in [-0.2, 0) is 5.54 Å². The third-order valence-corrected chi connectivity index (χ3v) is 4.68. The van der Waals surface area contributed by atoms with Gasteiger partial charge in [0.15, 0.2) is 11.5 Å². The zero-order chi connectivity index (χ0) is 20.8. The number of benzene rings is 1. The normalized spacial score (nSPS) is 11.7. The van der Waals surface area contributed by atoms with Crippen molar-refractivity contribution in [2.24, 2.45) is 0 Å². The predicted octanol–water partition coefficient (Wildman–Crippen LogP) is 3.70. The van der Waals surface area contributed by atoms with E-state index in [2.05, 4.69) is 20.4 Å². The molecule has 0 saturated heterocycles. The quantitative estimate of drug-likeness (QED) is 0.554. The van der Waals surface area contributed by atoms with Crippen molar-refractivity contribution in [3.63, 3.8) is 0 Å². The summed E-state index contributed by atoms with van der Waals surface area (Å²) in [5, 5.41) is 6.37. The second-order valence-corrected chi connectivity index (χ2v) is 7.90. The summed E-state index contributed by atoms with van der Waals surface area (Å²) in [5.41, 5.74) is 3.80. The van der Waals surface area contributed by atoms with E-state index in [4.69, 9.17) is 4.52 Å². The van der Waals surface area contributed by atoms with Crippen LogP contribution in [0.3, 0.4) is 0 Å². The van der Waals surface area contributed by atoms with E-state index in [1.54, 1.807) is 29.0 Å². The number of H-pyrrole nitrogens is 1. The van der Waals surface area contributed by atoms with E-state index in [0.29, 0.717) is 22.5 Å². The SMILES string of the molecule is Cc1ccc(C(=O)Nc2ccon2)cc1-c1cnc2c(c1)[nH]c(=O)n2C(C)(C)C. The van der Waals surface area contributed by atoms with Gasteiger partial charge in [0.2, 0.25) is 0 Å². The number of hydrogen-bond donors (Lipinski definition) is 2. The van der Waals surface area contributed by atoms with Gasteiger partial charge in [-0.1, -0.05) is 11.2 Å². The molecule has 3 aromatic heterocycles. The number of imidazole rings is 1. The lowest BCUT2D eigenvalue weighted by molar-refractivity contribution is 0.102. The van der Waals surface area contributed by atoms with Crippen LogP contribution in [0.25, 0.3) is 22.3 Å². The lowest BCUT2D eigenvalue weighted by atomic mass is 9.99. The van der Waals surface area contributed by atoms with E-state index in [9.17, 15) is 9.59 Å². The summed E-state index contributed by atoms with van der Waals surface area (Å²) in [7, 11) is 0. The van der Waals surface area contributed by atoms with Gasteiger partial charge in [0.25, 0.3) is 5.91 Å². The Bertz CT molecular complexity index is 1260. The molecule has 4 rings (SSSR count). The molecule has 2 N–H and O–H groups in total. The first kappa shape index (κ1) is 18.7. The topological polar surface area (TPSA) is 106 Å². The van der Waals surface area contributed by atoms with Crippen LogP contribution in [0.1, 0.15) is 36.7 Å². The summed E-state index contributed by atoms with van der Waals surface area (Å²) < 4.78 is 6.38. The molecule has 29 heavy (non-hydrogen) atoms. The Balaban J connectivity index is 1.75. The van der Waals surface area contributed by atoms with Crippen LogP contribution >= 0.6 is 0 Å². The Morgan fingerprint density at radius 2 is 2.00 bits per heavy atom. The molecule has 0 saturated carbocycles. The molecule has 8 nitrogen and oxygen atoms in total. The van der Waals surface area contributed by atoms with Gasteiger partial charge in [-0.25, -0.2) is 9.78 Å². The molecule has 0 bridgehead atoms. The van der Waals surface area contributed by atoms with Gasteiger partial charge in [0.05, 0.1) is 5.52 Å². The number of fused-ring (bicyclic) bond motifs is 1. The third kappa shape index (κ3) is 3.44. The Morgan fingerprint density at radius 3 is 2.69 bits per heavy atom. The minimum absolute atomic E-state index is 0.199. The van der Waals surface area contributed by atoms with Crippen LogP contribution in [0.5, 0.6) is 0 Å². The van der Waals surface area contributed by atoms with E-state index in [0.717, 1.165) is 16.7 Å². The molecule has 3 heterocycles. The number of carbonyl (C=O) groups excluding carboxylic acids is 1. The van der Waals surface area contributed by atoms with Crippen molar-refractivity contribution in [2.75, 3.05) is 5.32 Å². The number of carbonyl (C=O) groups is 1. The van der Waals surface area contributed by atoms with Crippen molar-refractivity contribution in [2.45, 2.75) is 33.2 Å². The highest BCUT2D eigenvalue weighted by atomic mass is 16.5. The smallest absolute Gasteiger partial charge is 0.328 e. The first-order chi connectivity index (χ1) is 13.7. The van der Waals surface area contributed by atoms with Crippen LogP contribution in [-0.4, -0.2) is 25.6 Å². The minimum Gasteiger partial charge on any atom is -0.363 e. The average Bonchev–Trinajstić information content (AvgIpc) is 3.27. The maximum absolute atomic E-state index is 12.5. The summed E-state index contributed by atoms with van der Waals surface area (Å²) in [4.78, 5) is 32.3. The van der Waals surface area contributed by atoms with Crippen molar-refractivity contribution in [1.29, 1.82) is 0 Å². The second kappa shape index (κ2) is 6.73. The first-order valence-corrected chi connectivity index (χ1v) is 9.18. The zero-order valence-electron chi connectivity index (χ0n) is 16.6. The van der Waals surface area contributed by atoms with Gasteiger partial charge >= 0.3 is 5.69 Å². The standard InChI is InChI=1S/C21H21N5O3/c1-12-5-6-13(19(27)24-17-7-8-29-25-17)9-15(12)14-10-16-18(22-11-14)26(20(28)23-16)21(2,3)4/h5-11H,1-4H3,(H,23,28)(H,24,25,27). The number of amides is 1. The minimum atomic E-state index is -0.390. The number of rotatable bonds is 3. The largest absolute Gasteiger partial charge is 0.363 e. The maximum Gasteiger partial charge on any atom is 0.328 e. The molecule has 1 aromatic carbocycles.